The SMILES string of the molecule is COc1ccccc1CC(=O)C1CNc2ccccc21. The van der Waals surface area contributed by atoms with Crippen molar-refractivity contribution in [3.63, 3.8) is 0 Å². The predicted octanol–water partition coefficient (Wildman–Crippen LogP) is 3.02. The average molecular weight is 267 g/mol. The maximum Gasteiger partial charge on any atom is 0.146 e. The summed E-state index contributed by atoms with van der Waals surface area (Å²) in [5.41, 5.74) is 3.13. The molecule has 0 aliphatic carbocycles. The van der Waals surface area contributed by atoms with E-state index >= 15 is 0 Å². The lowest BCUT2D eigenvalue weighted by atomic mass is 9.92. The lowest BCUT2D eigenvalue weighted by Crippen LogP contribution is -2.17. The fourth-order valence-electron chi connectivity index (χ4n) is 2.73. The van der Waals surface area contributed by atoms with Gasteiger partial charge in [0, 0.05) is 24.2 Å². The number of para-hydroxylation sites is 2. The fraction of sp³-hybridized carbons (Fsp3) is 0.235. The second kappa shape index (κ2) is 5.37. The molecular formula is C17H17NO2. The number of carbonyl (C=O) groups excluding carboxylic acids is 1. The molecular weight excluding hydrogens is 250 g/mol. The second-order valence-electron chi connectivity index (χ2n) is 4.98. The van der Waals surface area contributed by atoms with E-state index in [9.17, 15) is 4.79 Å². The Morgan fingerprint density at radius 1 is 1.20 bits per heavy atom. The zero-order chi connectivity index (χ0) is 13.9. The van der Waals surface area contributed by atoms with E-state index < -0.39 is 0 Å². The number of hydrogen-bond acceptors (Lipinski definition) is 3. The molecule has 0 saturated heterocycles. The summed E-state index contributed by atoms with van der Waals surface area (Å²) in [5, 5.41) is 3.29. The standard InChI is InChI=1S/C17H17NO2/c1-20-17-9-5-2-6-12(17)10-16(19)14-11-18-15-8-4-3-7-13(14)15/h2-9,14,18H,10-11H2,1H3. The largest absolute Gasteiger partial charge is 0.496 e. The molecule has 0 fully saturated rings. The van der Waals surface area contributed by atoms with E-state index in [0.717, 1.165) is 22.6 Å². The smallest absolute Gasteiger partial charge is 0.146 e. The van der Waals surface area contributed by atoms with Gasteiger partial charge >= 0.3 is 0 Å². The Balaban J connectivity index is 1.81. The number of rotatable bonds is 4. The number of hydrogen-bond donors (Lipinski definition) is 1. The van der Waals surface area contributed by atoms with E-state index in [1.807, 2.05) is 48.5 Å². The summed E-state index contributed by atoms with van der Waals surface area (Å²) in [6.07, 6.45) is 0.407. The van der Waals surface area contributed by atoms with Crippen molar-refractivity contribution < 1.29 is 9.53 Å². The van der Waals surface area contributed by atoms with Gasteiger partial charge in [0.25, 0.3) is 0 Å². The average Bonchev–Trinajstić information content (AvgIpc) is 2.92. The lowest BCUT2D eigenvalue weighted by Gasteiger charge is -2.11. The zero-order valence-corrected chi connectivity index (χ0v) is 11.4. The van der Waals surface area contributed by atoms with Crippen molar-refractivity contribution in [2.24, 2.45) is 0 Å². The van der Waals surface area contributed by atoms with Crippen molar-refractivity contribution >= 4 is 11.5 Å². The van der Waals surface area contributed by atoms with Crippen LogP contribution in [0.5, 0.6) is 5.75 Å². The second-order valence-corrected chi connectivity index (χ2v) is 4.98. The Morgan fingerprint density at radius 3 is 2.80 bits per heavy atom. The third-order valence-corrected chi connectivity index (χ3v) is 3.78. The summed E-state index contributed by atoms with van der Waals surface area (Å²) in [7, 11) is 1.63. The zero-order valence-electron chi connectivity index (χ0n) is 11.4. The van der Waals surface area contributed by atoms with Crippen LogP contribution in [-0.4, -0.2) is 19.4 Å². The normalized spacial score (nSPS) is 16.4. The molecule has 20 heavy (non-hydrogen) atoms. The Morgan fingerprint density at radius 2 is 1.95 bits per heavy atom. The minimum atomic E-state index is -0.0592. The fourth-order valence-corrected chi connectivity index (χ4v) is 2.73. The molecule has 1 unspecified atom stereocenters. The number of benzene rings is 2. The van der Waals surface area contributed by atoms with Crippen LogP contribution in [0.25, 0.3) is 0 Å². The maximum atomic E-state index is 12.6. The van der Waals surface area contributed by atoms with Gasteiger partial charge in [-0.05, 0) is 17.7 Å². The molecule has 102 valence electrons. The molecule has 2 aromatic carbocycles. The molecule has 0 aromatic heterocycles. The quantitative estimate of drug-likeness (QED) is 0.925. The van der Waals surface area contributed by atoms with Gasteiger partial charge in [-0.25, -0.2) is 0 Å². The third-order valence-electron chi connectivity index (χ3n) is 3.78. The molecule has 3 rings (SSSR count). The van der Waals surface area contributed by atoms with Gasteiger partial charge in [0.15, 0.2) is 0 Å². The van der Waals surface area contributed by atoms with Crippen molar-refractivity contribution in [3.8, 4) is 5.75 Å². The van der Waals surface area contributed by atoms with Crippen LogP contribution < -0.4 is 10.1 Å². The molecule has 3 nitrogen and oxygen atoms in total. The molecule has 1 atom stereocenters. The van der Waals surface area contributed by atoms with Crippen LogP contribution >= 0.6 is 0 Å². The van der Waals surface area contributed by atoms with Crippen LogP contribution in [0.2, 0.25) is 0 Å². The number of Topliss-reactive ketones (excluding diaryl/α,β-unsaturated/α-hetero) is 1. The highest BCUT2D eigenvalue weighted by Gasteiger charge is 2.28. The van der Waals surface area contributed by atoms with Crippen molar-refractivity contribution in [2.45, 2.75) is 12.3 Å². The predicted molar refractivity (Wildman–Crippen MR) is 79.4 cm³/mol. The number of anilines is 1. The molecule has 0 radical (unpaired) electrons. The molecule has 0 saturated carbocycles. The van der Waals surface area contributed by atoms with Crippen molar-refractivity contribution in [1.29, 1.82) is 0 Å². The van der Waals surface area contributed by atoms with Crippen molar-refractivity contribution in [1.82, 2.24) is 0 Å². The molecule has 1 aliphatic rings. The van der Waals surface area contributed by atoms with Gasteiger partial charge < -0.3 is 10.1 Å². The number of fused-ring (bicyclic) bond motifs is 1. The van der Waals surface area contributed by atoms with Gasteiger partial charge in [0.1, 0.15) is 11.5 Å². The molecule has 0 spiro atoms. The van der Waals surface area contributed by atoms with Gasteiger partial charge in [-0.15, -0.1) is 0 Å². The van der Waals surface area contributed by atoms with E-state index in [1.54, 1.807) is 7.11 Å². The molecule has 1 aliphatic heterocycles. The van der Waals surface area contributed by atoms with Crippen LogP contribution in [0.15, 0.2) is 48.5 Å². The van der Waals surface area contributed by atoms with Crippen LogP contribution in [0, 0.1) is 0 Å². The maximum absolute atomic E-state index is 12.6. The number of methoxy groups -OCH3 is 1. The lowest BCUT2D eigenvalue weighted by molar-refractivity contribution is -0.119. The highest BCUT2D eigenvalue weighted by molar-refractivity contribution is 5.91. The summed E-state index contributed by atoms with van der Waals surface area (Å²) in [6.45, 7) is 0.688. The highest BCUT2D eigenvalue weighted by Crippen LogP contribution is 2.33. The number of ether oxygens (including phenoxy) is 1. The summed E-state index contributed by atoms with van der Waals surface area (Å²) >= 11 is 0. The van der Waals surface area contributed by atoms with E-state index in [4.69, 9.17) is 4.74 Å². The van der Waals surface area contributed by atoms with Crippen molar-refractivity contribution in [2.75, 3.05) is 19.0 Å². The Kier molecular flexibility index (Phi) is 3.42. The van der Waals surface area contributed by atoms with Gasteiger partial charge in [0.05, 0.1) is 13.0 Å². The monoisotopic (exact) mass is 267 g/mol. The molecule has 2 aromatic rings. The van der Waals surface area contributed by atoms with Gasteiger partial charge in [-0.3, -0.25) is 4.79 Å². The Labute approximate surface area is 118 Å². The first-order chi connectivity index (χ1) is 9.79. The van der Waals surface area contributed by atoms with E-state index in [0.29, 0.717) is 13.0 Å². The topological polar surface area (TPSA) is 38.3 Å². The first-order valence-electron chi connectivity index (χ1n) is 6.77. The van der Waals surface area contributed by atoms with Crippen LogP contribution in [-0.2, 0) is 11.2 Å². The Hall–Kier alpha value is -2.29. The Bertz CT molecular complexity index is 636. The number of ketones is 1. The molecule has 0 bridgehead atoms. The summed E-state index contributed by atoms with van der Waals surface area (Å²) < 4.78 is 5.31. The van der Waals surface area contributed by atoms with E-state index in [-0.39, 0.29) is 11.7 Å². The summed E-state index contributed by atoms with van der Waals surface area (Å²) in [5.74, 6) is 0.947. The number of nitrogens with one attached hydrogen (secondary N) is 1. The first-order valence-corrected chi connectivity index (χ1v) is 6.77. The van der Waals surface area contributed by atoms with Gasteiger partial charge in [-0.1, -0.05) is 36.4 Å². The molecule has 0 amide bonds. The minimum absolute atomic E-state index is 0.0592. The van der Waals surface area contributed by atoms with Gasteiger partial charge in [0.2, 0.25) is 0 Å². The van der Waals surface area contributed by atoms with Crippen LogP contribution in [0.3, 0.4) is 0 Å². The molecule has 1 N–H and O–H groups in total. The molecule has 3 heteroatoms. The number of carbonyl (C=O) groups is 1. The minimum Gasteiger partial charge on any atom is -0.496 e. The molecule has 1 heterocycles. The van der Waals surface area contributed by atoms with Crippen LogP contribution in [0.1, 0.15) is 17.0 Å². The summed E-state index contributed by atoms with van der Waals surface area (Å²) in [6, 6.07) is 15.7. The van der Waals surface area contributed by atoms with E-state index in [1.165, 1.54) is 0 Å². The van der Waals surface area contributed by atoms with E-state index in [2.05, 4.69) is 5.32 Å². The van der Waals surface area contributed by atoms with Crippen LogP contribution in [0.4, 0.5) is 5.69 Å². The highest BCUT2D eigenvalue weighted by atomic mass is 16.5. The van der Waals surface area contributed by atoms with Gasteiger partial charge in [-0.2, -0.15) is 0 Å². The van der Waals surface area contributed by atoms with Crippen molar-refractivity contribution in [3.05, 3.63) is 59.7 Å². The summed E-state index contributed by atoms with van der Waals surface area (Å²) in [4.78, 5) is 12.6. The third kappa shape index (κ3) is 2.27. The first kappa shape index (κ1) is 12.7.